The summed E-state index contributed by atoms with van der Waals surface area (Å²) in [5.74, 6) is 0.430. The Balaban J connectivity index is 2.72. The first kappa shape index (κ1) is 13.9. The van der Waals surface area contributed by atoms with E-state index in [-0.39, 0.29) is 11.9 Å². The van der Waals surface area contributed by atoms with Gasteiger partial charge in [-0.2, -0.15) is 0 Å². The summed E-state index contributed by atoms with van der Waals surface area (Å²) in [5, 5.41) is 7.75. The molecule has 0 N–H and O–H groups in total. The van der Waals surface area contributed by atoms with Crippen molar-refractivity contribution in [2.75, 3.05) is 7.05 Å². The first-order chi connectivity index (χ1) is 7.91. The normalized spacial score (nSPS) is 12.6. The van der Waals surface area contributed by atoms with Gasteiger partial charge in [-0.15, -0.1) is 10.2 Å². The van der Waals surface area contributed by atoms with E-state index in [1.807, 2.05) is 6.92 Å². The maximum Gasteiger partial charge on any atom is 0.274 e. The van der Waals surface area contributed by atoms with E-state index in [1.165, 1.54) is 0 Å². The molecule has 0 aliphatic heterocycles. The maximum atomic E-state index is 12.1. The number of hydrogen-bond acceptors (Lipinski definition) is 3. The third-order valence-corrected chi connectivity index (χ3v) is 2.85. The second-order valence-corrected chi connectivity index (χ2v) is 5.02. The summed E-state index contributed by atoms with van der Waals surface area (Å²) in [6.07, 6.45) is 0.962. The van der Waals surface area contributed by atoms with E-state index in [4.69, 9.17) is 11.6 Å². The highest BCUT2D eigenvalue weighted by atomic mass is 35.5. The fourth-order valence-corrected chi connectivity index (χ4v) is 1.75. The van der Waals surface area contributed by atoms with Gasteiger partial charge in [-0.3, -0.25) is 4.79 Å². The number of carbonyl (C=O) groups is 1. The number of hydrogen-bond donors (Lipinski definition) is 0. The minimum absolute atomic E-state index is 0.123. The average molecular weight is 256 g/mol. The van der Waals surface area contributed by atoms with Crippen molar-refractivity contribution in [2.24, 2.45) is 5.92 Å². The molecule has 1 unspecified atom stereocenters. The van der Waals surface area contributed by atoms with Crippen molar-refractivity contribution < 1.29 is 4.79 Å². The highest BCUT2D eigenvalue weighted by molar-refractivity contribution is 6.29. The van der Waals surface area contributed by atoms with Gasteiger partial charge < -0.3 is 4.90 Å². The standard InChI is InChI=1S/C12H18ClN3O/c1-8(2)7-9(3)16(4)12(17)10-5-6-11(13)15-14-10/h5-6,8-9H,7H2,1-4H3. The van der Waals surface area contributed by atoms with Crippen LogP contribution >= 0.6 is 11.6 Å². The highest BCUT2D eigenvalue weighted by Gasteiger charge is 2.19. The molecule has 0 radical (unpaired) electrons. The van der Waals surface area contributed by atoms with Crippen LogP contribution in [0.5, 0.6) is 0 Å². The monoisotopic (exact) mass is 255 g/mol. The van der Waals surface area contributed by atoms with Crippen LogP contribution in [-0.2, 0) is 0 Å². The van der Waals surface area contributed by atoms with Crippen LogP contribution in [0, 0.1) is 5.92 Å². The van der Waals surface area contributed by atoms with Crippen LogP contribution in [0.3, 0.4) is 0 Å². The zero-order chi connectivity index (χ0) is 13.0. The van der Waals surface area contributed by atoms with Gasteiger partial charge in [-0.25, -0.2) is 0 Å². The van der Waals surface area contributed by atoms with E-state index in [1.54, 1.807) is 24.1 Å². The summed E-state index contributed by atoms with van der Waals surface area (Å²) >= 11 is 5.63. The molecule has 1 aromatic heterocycles. The molecule has 1 heterocycles. The van der Waals surface area contributed by atoms with Crippen LogP contribution in [0.25, 0.3) is 0 Å². The molecular weight excluding hydrogens is 238 g/mol. The van der Waals surface area contributed by atoms with E-state index < -0.39 is 0 Å². The number of amides is 1. The summed E-state index contributed by atoms with van der Waals surface area (Å²) in [4.78, 5) is 13.8. The Morgan fingerprint density at radius 2 is 2.00 bits per heavy atom. The number of nitrogens with zero attached hydrogens (tertiary/aromatic N) is 3. The van der Waals surface area contributed by atoms with E-state index in [0.717, 1.165) is 6.42 Å². The molecule has 0 aliphatic carbocycles. The van der Waals surface area contributed by atoms with Gasteiger partial charge in [0.1, 0.15) is 0 Å². The molecule has 1 rings (SSSR count). The molecule has 0 saturated carbocycles. The number of carbonyl (C=O) groups excluding carboxylic acids is 1. The topological polar surface area (TPSA) is 46.1 Å². The lowest BCUT2D eigenvalue weighted by Gasteiger charge is -2.25. The van der Waals surface area contributed by atoms with Crippen molar-refractivity contribution >= 4 is 17.5 Å². The van der Waals surface area contributed by atoms with Crippen LogP contribution in [0.1, 0.15) is 37.7 Å². The quantitative estimate of drug-likeness (QED) is 0.831. The average Bonchev–Trinajstić information content (AvgIpc) is 2.27. The smallest absolute Gasteiger partial charge is 0.274 e. The Kier molecular flexibility index (Phi) is 4.87. The van der Waals surface area contributed by atoms with E-state index in [0.29, 0.717) is 16.8 Å². The predicted molar refractivity (Wildman–Crippen MR) is 68.1 cm³/mol. The molecular formula is C12H18ClN3O. The molecule has 1 atom stereocenters. The minimum Gasteiger partial charge on any atom is -0.338 e. The second kappa shape index (κ2) is 5.96. The van der Waals surface area contributed by atoms with Gasteiger partial charge >= 0.3 is 0 Å². The van der Waals surface area contributed by atoms with Crippen molar-refractivity contribution in [3.63, 3.8) is 0 Å². The van der Waals surface area contributed by atoms with E-state index in [9.17, 15) is 4.79 Å². The minimum atomic E-state index is -0.123. The van der Waals surface area contributed by atoms with Crippen LogP contribution in [0.4, 0.5) is 0 Å². The molecule has 0 bridgehead atoms. The first-order valence-electron chi connectivity index (χ1n) is 5.68. The largest absolute Gasteiger partial charge is 0.338 e. The van der Waals surface area contributed by atoms with Crippen molar-refractivity contribution in [3.8, 4) is 0 Å². The molecule has 17 heavy (non-hydrogen) atoms. The van der Waals surface area contributed by atoms with Crippen molar-refractivity contribution in [2.45, 2.75) is 33.2 Å². The molecule has 94 valence electrons. The van der Waals surface area contributed by atoms with Crippen LogP contribution in [0.2, 0.25) is 5.15 Å². The maximum absolute atomic E-state index is 12.1. The molecule has 5 heteroatoms. The van der Waals surface area contributed by atoms with Crippen LogP contribution < -0.4 is 0 Å². The lowest BCUT2D eigenvalue weighted by Crippen LogP contribution is -2.36. The third kappa shape index (κ3) is 3.97. The summed E-state index contributed by atoms with van der Waals surface area (Å²) in [6.45, 7) is 6.30. The Morgan fingerprint density at radius 3 is 2.47 bits per heavy atom. The molecule has 4 nitrogen and oxygen atoms in total. The van der Waals surface area contributed by atoms with Crippen molar-refractivity contribution in [1.82, 2.24) is 15.1 Å². The Hall–Kier alpha value is -1.16. The molecule has 1 aromatic rings. The fraction of sp³-hybridized carbons (Fsp3) is 0.583. The zero-order valence-electron chi connectivity index (χ0n) is 10.6. The van der Waals surface area contributed by atoms with Gasteiger partial charge in [-0.05, 0) is 31.4 Å². The Labute approximate surface area is 107 Å². The SMILES string of the molecule is CC(C)CC(C)N(C)C(=O)c1ccc(Cl)nn1. The number of aromatic nitrogens is 2. The van der Waals surface area contributed by atoms with Gasteiger partial charge in [0.05, 0.1) is 0 Å². The van der Waals surface area contributed by atoms with Gasteiger partial charge in [-0.1, -0.05) is 25.4 Å². The van der Waals surface area contributed by atoms with Gasteiger partial charge in [0.25, 0.3) is 5.91 Å². The third-order valence-electron chi connectivity index (χ3n) is 2.65. The Bertz CT molecular complexity index is 378. The van der Waals surface area contributed by atoms with E-state index in [2.05, 4.69) is 24.0 Å². The zero-order valence-corrected chi connectivity index (χ0v) is 11.4. The lowest BCUT2D eigenvalue weighted by atomic mass is 10.0. The summed E-state index contributed by atoms with van der Waals surface area (Å²) in [6, 6.07) is 3.35. The van der Waals surface area contributed by atoms with E-state index >= 15 is 0 Å². The summed E-state index contributed by atoms with van der Waals surface area (Å²) in [7, 11) is 1.78. The molecule has 1 amide bonds. The molecule has 0 spiro atoms. The van der Waals surface area contributed by atoms with Crippen molar-refractivity contribution in [3.05, 3.63) is 23.0 Å². The van der Waals surface area contributed by atoms with Crippen molar-refractivity contribution in [1.29, 1.82) is 0 Å². The summed E-state index contributed by atoms with van der Waals surface area (Å²) < 4.78 is 0. The second-order valence-electron chi connectivity index (χ2n) is 4.64. The molecule has 0 saturated heterocycles. The summed E-state index contributed by atoms with van der Waals surface area (Å²) in [5.41, 5.74) is 0.326. The predicted octanol–water partition coefficient (Wildman–Crippen LogP) is 2.64. The number of halogens is 1. The van der Waals surface area contributed by atoms with Crippen LogP contribution in [-0.4, -0.2) is 34.1 Å². The highest BCUT2D eigenvalue weighted by Crippen LogP contribution is 2.12. The lowest BCUT2D eigenvalue weighted by molar-refractivity contribution is 0.0721. The van der Waals surface area contributed by atoms with Gasteiger partial charge in [0, 0.05) is 13.1 Å². The molecule has 0 aromatic carbocycles. The first-order valence-corrected chi connectivity index (χ1v) is 6.06. The number of rotatable bonds is 4. The van der Waals surface area contributed by atoms with Gasteiger partial charge in [0.2, 0.25) is 0 Å². The fourth-order valence-electron chi connectivity index (χ4n) is 1.65. The van der Waals surface area contributed by atoms with Crippen LogP contribution in [0.15, 0.2) is 12.1 Å². The molecule has 0 fully saturated rings. The Morgan fingerprint density at radius 1 is 1.35 bits per heavy atom. The van der Waals surface area contributed by atoms with Gasteiger partial charge in [0.15, 0.2) is 10.8 Å². The molecule has 0 aliphatic rings.